The summed E-state index contributed by atoms with van der Waals surface area (Å²) in [5.74, 6) is -1.19. The van der Waals surface area contributed by atoms with E-state index in [-0.39, 0.29) is 11.5 Å². The minimum atomic E-state index is -3.04. The molecule has 5 nitrogen and oxygen atoms in total. The van der Waals surface area contributed by atoms with Gasteiger partial charge >= 0.3 is 5.97 Å². The van der Waals surface area contributed by atoms with Crippen LogP contribution in [0.2, 0.25) is 0 Å². The topological polar surface area (TPSA) is 83.5 Å². The molecule has 15 heavy (non-hydrogen) atoms. The fourth-order valence-corrected chi connectivity index (χ4v) is 4.85. The lowest BCUT2D eigenvalue weighted by Crippen LogP contribution is -2.44. The fourth-order valence-electron chi connectivity index (χ4n) is 2.80. The van der Waals surface area contributed by atoms with Crippen LogP contribution >= 0.6 is 0 Å². The van der Waals surface area contributed by atoms with E-state index in [1.807, 2.05) is 0 Å². The highest BCUT2D eigenvalue weighted by Gasteiger charge is 2.50. The molecule has 2 aliphatic heterocycles. The first kappa shape index (κ1) is 10.9. The number of carbonyl (C=O) groups is 1. The molecule has 0 aromatic carbocycles. The molecule has 2 saturated heterocycles. The Balaban J connectivity index is 2.28. The summed E-state index contributed by atoms with van der Waals surface area (Å²) in [6.07, 6.45) is 1.30. The summed E-state index contributed by atoms with van der Waals surface area (Å²) in [5, 5.41) is 12.1. The SMILES string of the molecule is O=C(O)C1CNCC12CCCS(=O)(=O)C2. The molecule has 0 radical (unpaired) electrons. The molecule has 2 rings (SSSR count). The van der Waals surface area contributed by atoms with E-state index in [4.69, 9.17) is 5.11 Å². The van der Waals surface area contributed by atoms with Crippen molar-refractivity contribution < 1.29 is 18.3 Å². The second-order valence-electron chi connectivity index (χ2n) is 4.58. The number of sulfone groups is 1. The van der Waals surface area contributed by atoms with E-state index >= 15 is 0 Å². The van der Waals surface area contributed by atoms with Crippen molar-refractivity contribution in [1.82, 2.24) is 5.32 Å². The van der Waals surface area contributed by atoms with Crippen molar-refractivity contribution in [1.29, 1.82) is 0 Å². The van der Waals surface area contributed by atoms with Crippen LogP contribution < -0.4 is 5.32 Å². The van der Waals surface area contributed by atoms with Crippen molar-refractivity contribution in [3.05, 3.63) is 0 Å². The first-order valence-electron chi connectivity index (χ1n) is 5.09. The predicted molar refractivity (Wildman–Crippen MR) is 54.3 cm³/mol. The lowest BCUT2D eigenvalue weighted by Gasteiger charge is -2.35. The molecule has 0 amide bonds. The van der Waals surface area contributed by atoms with Gasteiger partial charge in [0.25, 0.3) is 0 Å². The molecule has 0 aromatic heterocycles. The smallest absolute Gasteiger partial charge is 0.308 e. The molecule has 0 bridgehead atoms. The Hall–Kier alpha value is -0.620. The molecule has 2 fully saturated rings. The van der Waals surface area contributed by atoms with Gasteiger partial charge in [-0.2, -0.15) is 0 Å². The summed E-state index contributed by atoms with van der Waals surface area (Å²) in [6.45, 7) is 0.911. The Kier molecular flexibility index (Phi) is 2.50. The molecule has 0 aromatic rings. The molecule has 0 aliphatic carbocycles. The molecule has 2 N–H and O–H groups in total. The van der Waals surface area contributed by atoms with Crippen LogP contribution in [0.15, 0.2) is 0 Å². The maximum Gasteiger partial charge on any atom is 0.308 e. The first-order chi connectivity index (χ1) is 6.95. The van der Waals surface area contributed by atoms with Gasteiger partial charge in [-0.05, 0) is 12.8 Å². The van der Waals surface area contributed by atoms with Gasteiger partial charge in [-0.3, -0.25) is 4.79 Å². The Morgan fingerprint density at radius 3 is 2.80 bits per heavy atom. The number of rotatable bonds is 1. The van der Waals surface area contributed by atoms with Crippen molar-refractivity contribution in [3.8, 4) is 0 Å². The summed E-state index contributed by atoms with van der Waals surface area (Å²) in [5.41, 5.74) is -0.553. The lowest BCUT2D eigenvalue weighted by molar-refractivity contribution is -0.144. The molecule has 2 aliphatic rings. The van der Waals surface area contributed by atoms with Crippen molar-refractivity contribution >= 4 is 15.8 Å². The van der Waals surface area contributed by atoms with Gasteiger partial charge in [-0.15, -0.1) is 0 Å². The van der Waals surface area contributed by atoms with E-state index in [1.165, 1.54) is 0 Å². The van der Waals surface area contributed by atoms with Crippen LogP contribution in [0.4, 0.5) is 0 Å². The molecule has 1 spiro atoms. The van der Waals surface area contributed by atoms with Gasteiger partial charge in [-0.1, -0.05) is 0 Å². The number of nitrogens with one attached hydrogen (secondary N) is 1. The van der Waals surface area contributed by atoms with Gasteiger partial charge in [-0.25, -0.2) is 8.42 Å². The van der Waals surface area contributed by atoms with E-state index in [0.29, 0.717) is 25.9 Å². The summed E-state index contributed by atoms with van der Waals surface area (Å²) in [7, 11) is -3.04. The highest BCUT2D eigenvalue weighted by Crippen LogP contribution is 2.41. The molecular formula is C9H15NO4S. The third-order valence-electron chi connectivity index (χ3n) is 3.50. The first-order valence-corrected chi connectivity index (χ1v) is 6.91. The molecule has 2 heterocycles. The fraction of sp³-hybridized carbons (Fsp3) is 0.889. The van der Waals surface area contributed by atoms with Crippen LogP contribution in [0.3, 0.4) is 0 Å². The Morgan fingerprint density at radius 2 is 2.20 bits per heavy atom. The standard InChI is InChI=1S/C9H15NO4S/c11-8(12)7-4-10-5-9(7)2-1-3-15(13,14)6-9/h7,10H,1-6H2,(H,11,12). The zero-order valence-corrected chi connectivity index (χ0v) is 9.22. The molecule has 6 heteroatoms. The van der Waals surface area contributed by atoms with Crippen LogP contribution in [0.5, 0.6) is 0 Å². The monoisotopic (exact) mass is 233 g/mol. The molecule has 2 unspecified atom stereocenters. The highest BCUT2D eigenvalue weighted by molar-refractivity contribution is 7.91. The van der Waals surface area contributed by atoms with E-state index in [2.05, 4.69) is 5.32 Å². The van der Waals surface area contributed by atoms with Gasteiger partial charge in [0.15, 0.2) is 9.84 Å². The van der Waals surface area contributed by atoms with Crippen molar-refractivity contribution in [3.63, 3.8) is 0 Å². The minimum Gasteiger partial charge on any atom is -0.481 e. The summed E-state index contributed by atoms with van der Waals surface area (Å²) < 4.78 is 23.1. The van der Waals surface area contributed by atoms with E-state index in [1.54, 1.807) is 0 Å². The van der Waals surface area contributed by atoms with Crippen LogP contribution in [-0.2, 0) is 14.6 Å². The highest BCUT2D eigenvalue weighted by atomic mass is 32.2. The van der Waals surface area contributed by atoms with E-state index < -0.39 is 27.1 Å². The maximum absolute atomic E-state index is 11.6. The number of carboxylic acids is 1. The lowest BCUT2D eigenvalue weighted by atomic mass is 9.76. The van der Waals surface area contributed by atoms with Gasteiger partial charge in [0, 0.05) is 18.5 Å². The molecule has 0 saturated carbocycles. The van der Waals surface area contributed by atoms with Crippen LogP contribution in [-0.4, -0.2) is 44.1 Å². The number of hydrogen-bond acceptors (Lipinski definition) is 4. The third-order valence-corrected chi connectivity index (χ3v) is 5.43. The second kappa shape index (κ2) is 3.45. The quantitative estimate of drug-likeness (QED) is 0.637. The Morgan fingerprint density at radius 1 is 1.47 bits per heavy atom. The predicted octanol–water partition coefficient (Wildman–Crippen LogP) is -0.515. The number of aliphatic carboxylic acids is 1. The van der Waals surface area contributed by atoms with Crippen molar-refractivity contribution in [2.24, 2.45) is 11.3 Å². The summed E-state index contributed by atoms with van der Waals surface area (Å²) in [6, 6.07) is 0. The largest absolute Gasteiger partial charge is 0.481 e. The zero-order chi connectivity index (χ0) is 11.1. The van der Waals surface area contributed by atoms with Crippen LogP contribution in [0, 0.1) is 11.3 Å². The molecule has 2 atom stereocenters. The summed E-state index contributed by atoms with van der Waals surface area (Å²) >= 11 is 0. The van der Waals surface area contributed by atoms with Gasteiger partial charge in [0.05, 0.1) is 17.4 Å². The maximum atomic E-state index is 11.6. The van der Waals surface area contributed by atoms with Crippen molar-refractivity contribution in [2.75, 3.05) is 24.6 Å². The normalized spacial score (nSPS) is 39.3. The average Bonchev–Trinajstić information content (AvgIpc) is 2.45. The van der Waals surface area contributed by atoms with Crippen LogP contribution in [0.25, 0.3) is 0 Å². The zero-order valence-electron chi connectivity index (χ0n) is 8.40. The van der Waals surface area contributed by atoms with E-state index in [9.17, 15) is 13.2 Å². The minimum absolute atomic E-state index is 0.0317. The van der Waals surface area contributed by atoms with Gasteiger partial charge in [0.2, 0.25) is 0 Å². The number of carboxylic acid groups (broad SMARTS) is 1. The molecular weight excluding hydrogens is 218 g/mol. The summed E-state index contributed by atoms with van der Waals surface area (Å²) in [4.78, 5) is 11.1. The van der Waals surface area contributed by atoms with E-state index in [0.717, 1.165) is 0 Å². The third kappa shape index (κ3) is 1.88. The average molecular weight is 233 g/mol. The van der Waals surface area contributed by atoms with Gasteiger partial charge < -0.3 is 10.4 Å². The second-order valence-corrected chi connectivity index (χ2v) is 6.76. The number of hydrogen-bond donors (Lipinski definition) is 2. The van der Waals surface area contributed by atoms with Crippen LogP contribution in [0.1, 0.15) is 12.8 Å². The van der Waals surface area contributed by atoms with Crippen molar-refractivity contribution in [2.45, 2.75) is 12.8 Å². The Bertz CT molecular complexity index is 378. The Labute approximate surface area is 88.8 Å². The van der Waals surface area contributed by atoms with Gasteiger partial charge in [0.1, 0.15) is 0 Å². The molecule has 86 valence electrons.